The standard InChI is InChI=1S/C13H15FN4/c1-8-2-4-11(14)10(6-8)13-17-16-12-5-3-9(15)7-18(12)13/h2,4,6,9H,3,5,7,15H2,1H3. The first kappa shape index (κ1) is 11.3. The molecule has 2 heterocycles. The summed E-state index contributed by atoms with van der Waals surface area (Å²) in [5.74, 6) is 1.21. The van der Waals surface area contributed by atoms with E-state index in [0.29, 0.717) is 17.9 Å². The first-order valence-corrected chi connectivity index (χ1v) is 6.09. The van der Waals surface area contributed by atoms with Gasteiger partial charge in [0.05, 0.1) is 5.56 Å². The molecule has 1 aromatic carbocycles. The largest absolute Gasteiger partial charge is 0.326 e. The molecule has 0 amide bonds. The van der Waals surface area contributed by atoms with Crippen molar-refractivity contribution in [3.05, 3.63) is 35.4 Å². The average molecular weight is 246 g/mol. The molecule has 2 aromatic rings. The van der Waals surface area contributed by atoms with Crippen LogP contribution < -0.4 is 5.73 Å². The van der Waals surface area contributed by atoms with Crippen molar-refractivity contribution in [3.63, 3.8) is 0 Å². The maximum atomic E-state index is 13.9. The molecular formula is C13H15FN4. The van der Waals surface area contributed by atoms with E-state index in [-0.39, 0.29) is 11.9 Å². The van der Waals surface area contributed by atoms with Crippen molar-refractivity contribution in [1.29, 1.82) is 0 Å². The molecule has 1 aliphatic heterocycles. The number of hydrogen-bond acceptors (Lipinski definition) is 3. The maximum Gasteiger partial charge on any atom is 0.166 e. The lowest BCUT2D eigenvalue weighted by Gasteiger charge is -2.20. The van der Waals surface area contributed by atoms with Gasteiger partial charge in [-0.1, -0.05) is 11.6 Å². The maximum absolute atomic E-state index is 13.9. The quantitative estimate of drug-likeness (QED) is 0.832. The van der Waals surface area contributed by atoms with Crippen LogP contribution in [0.25, 0.3) is 11.4 Å². The molecular weight excluding hydrogens is 231 g/mol. The summed E-state index contributed by atoms with van der Waals surface area (Å²) >= 11 is 0. The Labute approximate surface area is 105 Å². The first-order chi connectivity index (χ1) is 8.65. The van der Waals surface area contributed by atoms with Gasteiger partial charge in [0.25, 0.3) is 0 Å². The Kier molecular flexibility index (Phi) is 2.63. The number of aromatic nitrogens is 3. The molecule has 2 N–H and O–H groups in total. The Balaban J connectivity index is 2.12. The van der Waals surface area contributed by atoms with E-state index in [2.05, 4.69) is 10.2 Å². The fraction of sp³-hybridized carbons (Fsp3) is 0.385. The zero-order valence-corrected chi connectivity index (χ0v) is 10.2. The Bertz CT molecular complexity index is 591. The van der Waals surface area contributed by atoms with Crippen LogP contribution in [0.3, 0.4) is 0 Å². The van der Waals surface area contributed by atoms with Crippen molar-refractivity contribution in [2.75, 3.05) is 0 Å². The third-order valence-electron chi connectivity index (χ3n) is 3.35. The van der Waals surface area contributed by atoms with Crippen molar-refractivity contribution in [2.45, 2.75) is 32.4 Å². The van der Waals surface area contributed by atoms with Crippen LogP contribution in [0.1, 0.15) is 17.8 Å². The third-order valence-corrected chi connectivity index (χ3v) is 3.35. The molecule has 1 aliphatic rings. The van der Waals surface area contributed by atoms with Gasteiger partial charge in [0.2, 0.25) is 0 Å². The zero-order chi connectivity index (χ0) is 12.7. The molecule has 0 spiro atoms. The van der Waals surface area contributed by atoms with Gasteiger partial charge in [-0.2, -0.15) is 0 Å². The lowest BCUT2D eigenvalue weighted by atomic mass is 10.1. The molecule has 0 radical (unpaired) electrons. The molecule has 0 saturated heterocycles. The van der Waals surface area contributed by atoms with E-state index in [1.165, 1.54) is 6.07 Å². The van der Waals surface area contributed by atoms with Gasteiger partial charge in [-0.25, -0.2) is 4.39 Å². The second-order valence-corrected chi connectivity index (χ2v) is 4.83. The van der Waals surface area contributed by atoms with Crippen LogP contribution in [0, 0.1) is 12.7 Å². The molecule has 0 fully saturated rings. The lowest BCUT2D eigenvalue weighted by Crippen LogP contribution is -2.32. The summed E-state index contributed by atoms with van der Waals surface area (Å²) in [5.41, 5.74) is 7.46. The minimum absolute atomic E-state index is 0.0973. The van der Waals surface area contributed by atoms with Gasteiger partial charge < -0.3 is 10.3 Å². The number of nitrogens with zero attached hydrogens (tertiary/aromatic N) is 3. The van der Waals surface area contributed by atoms with Gasteiger partial charge in [-0.15, -0.1) is 10.2 Å². The average Bonchev–Trinajstić information content (AvgIpc) is 2.75. The molecule has 94 valence electrons. The molecule has 0 saturated carbocycles. The van der Waals surface area contributed by atoms with Crippen LogP contribution in [-0.4, -0.2) is 20.8 Å². The summed E-state index contributed by atoms with van der Waals surface area (Å²) in [6.07, 6.45) is 1.72. The van der Waals surface area contributed by atoms with Gasteiger partial charge in [-0.3, -0.25) is 0 Å². The Hall–Kier alpha value is -1.75. The van der Waals surface area contributed by atoms with Crippen LogP contribution in [0.4, 0.5) is 4.39 Å². The van der Waals surface area contributed by atoms with E-state index in [1.807, 2.05) is 11.5 Å². The van der Waals surface area contributed by atoms with Crippen LogP contribution in [0.2, 0.25) is 0 Å². The van der Waals surface area contributed by atoms with Crippen LogP contribution in [0.5, 0.6) is 0 Å². The van der Waals surface area contributed by atoms with E-state index in [4.69, 9.17) is 5.73 Å². The predicted molar refractivity (Wildman–Crippen MR) is 66.4 cm³/mol. The molecule has 5 heteroatoms. The molecule has 1 unspecified atom stereocenters. The predicted octanol–water partition coefficient (Wildman–Crippen LogP) is 1.67. The van der Waals surface area contributed by atoms with Gasteiger partial charge in [0.15, 0.2) is 5.82 Å². The zero-order valence-electron chi connectivity index (χ0n) is 10.2. The van der Waals surface area contributed by atoms with E-state index in [1.54, 1.807) is 12.1 Å². The van der Waals surface area contributed by atoms with Crippen molar-refractivity contribution >= 4 is 0 Å². The molecule has 18 heavy (non-hydrogen) atoms. The van der Waals surface area contributed by atoms with Crippen LogP contribution in [-0.2, 0) is 13.0 Å². The molecule has 4 nitrogen and oxygen atoms in total. The van der Waals surface area contributed by atoms with E-state index >= 15 is 0 Å². The molecule has 3 rings (SSSR count). The number of fused-ring (bicyclic) bond motifs is 1. The van der Waals surface area contributed by atoms with E-state index in [9.17, 15) is 4.39 Å². The highest BCUT2D eigenvalue weighted by molar-refractivity contribution is 5.57. The van der Waals surface area contributed by atoms with Crippen molar-refractivity contribution in [2.24, 2.45) is 5.73 Å². The fourth-order valence-corrected chi connectivity index (χ4v) is 2.36. The molecule has 0 aliphatic carbocycles. The number of benzene rings is 1. The van der Waals surface area contributed by atoms with Gasteiger partial charge in [-0.05, 0) is 25.5 Å². The summed E-state index contributed by atoms with van der Waals surface area (Å²) in [6, 6.07) is 5.11. The summed E-state index contributed by atoms with van der Waals surface area (Å²) in [4.78, 5) is 0. The van der Waals surface area contributed by atoms with Gasteiger partial charge >= 0.3 is 0 Å². The minimum Gasteiger partial charge on any atom is -0.326 e. The SMILES string of the molecule is Cc1ccc(F)c(-c2nnc3n2CC(N)CC3)c1. The van der Waals surface area contributed by atoms with Crippen LogP contribution >= 0.6 is 0 Å². The summed E-state index contributed by atoms with van der Waals surface area (Å²) in [5, 5.41) is 8.25. The topological polar surface area (TPSA) is 56.7 Å². The van der Waals surface area contributed by atoms with Crippen molar-refractivity contribution < 1.29 is 4.39 Å². The van der Waals surface area contributed by atoms with Crippen molar-refractivity contribution in [1.82, 2.24) is 14.8 Å². The highest BCUT2D eigenvalue weighted by atomic mass is 19.1. The summed E-state index contributed by atoms with van der Waals surface area (Å²) in [6.45, 7) is 2.59. The Morgan fingerprint density at radius 2 is 2.22 bits per heavy atom. The Morgan fingerprint density at radius 1 is 1.39 bits per heavy atom. The van der Waals surface area contributed by atoms with Gasteiger partial charge in [0, 0.05) is 19.0 Å². The summed E-state index contributed by atoms with van der Waals surface area (Å²) < 4.78 is 15.8. The van der Waals surface area contributed by atoms with E-state index in [0.717, 1.165) is 24.2 Å². The summed E-state index contributed by atoms with van der Waals surface area (Å²) in [7, 11) is 0. The second-order valence-electron chi connectivity index (χ2n) is 4.83. The first-order valence-electron chi connectivity index (χ1n) is 6.09. The highest BCUT2D eigenvalue weighted by Crippen LogP contribution is 2.25. The fourth-order valence-electron chi connectivity index (χ4n) is 2.36. The number of rotatable bonds is 1. The highest BCUT2D eigenvalue weighted by Gasteiger charge is 2.22. The smallest absolute Gasteiger partial charge is 0.166 e. The van der Waals surface area contributed by atoms with Crippen molar-refractivity contribution in [3.8, 4) is 11.4 Å². The molecule has 1 atom stereocenters. The number of nitrogens with two attached hydrogens (primary N) is 1. The third kappa shape index (κ3) is 1.80. The monoisotopic (exact) mass is 246 g/mol. The number of hydrogen-bond donors (Lipinski definition) is 1. The minimum atomic E-state index is -0.269. The lowest BCUT2D eigenvalue weighted by molar-refractivity contribution is 0.455. The molecule has 0 bridgehead atoms. The second kappa shape index (κ2) is 4.17. The van der Waals surface area contributed by atoms with Gasteiger partial charge in [0.1, 0.15) is 11.6 Å². The number of aryl methyl sites for hydroxylation is 2. The number of halogens is 1. The molecule has 1 aromatic heterocycles. The normalized spacial score (nSPS) is 18.7. The Morgan fingerprint density at radius 3 is 3.06 bits per heavy atom. The van der Waals surface area contributed by atoms with E-state index < -0.39 is 0 Å². The van der Waals surface area contributed by atoms with Crippen LogP contribution in [0.15, 0.2) is 18.2 Å².